The molecule has 2 amide bonds. The van der Waals surface area contributed by atoms with Gasteiger partial charge in [-0.3, -0.25) is 9.59 Å². The summed E-state index contributed by atoms with van der Waals surface area (Å²) < 4.78 is 5.23. The summed E-state index contributed by atoms with van der Waals surface area (Å²) in [5.74, 6) is 0.664. The van der Waals surface area contributed by atoms with Gasteiger partial charge in [0.25, 0.3) is 5.91 Å². The van der Waals surface area contributed by atoms with Crippen LogP contribution in [0.1, 0.15) is 40.3 Å². The quantitative estimate of drug-likeness (QED) is 0.836. The van der Waals surface area contributed by atoms with Gasteiger partial charge < -0.3 is 14.3 Å². The molecule has 5 rings (SSSR count). The molecule has 0 aliphatic carbocycles. The molecule has 3 aliphatic heterocycles. The lowest BCUT2D eigenvalue weighted by atomic mass is 9.93. The van der Waals surface area contributed by atoms with E-state index in [-0.39, 0.29) is 23.8 Å². The summed E-state index contributed by atoms with van der Waals surface area (Å²) >= 11 is 1.41. The lowest BCUT2D eigenvalue weighted by Gasteiger charge is -2.35. The summed E-state index contributed by atoms with van der Waals surface area (Å²) in [6, 6.07) is 0.0301. The van der Waals surface area contributed by atoms with Crippen LogP contribution in [0.4, 0.5) is 0 Å². The summed E-state index contributed by atoms with van der Waals surface area (Å²) in [6.07, 6.45) is 1.75. The van der Waals surface area contributed by atoms with E-state index in [1.165, 1.54) is 11.3 Å². The van der Waals surface area contributed by atoms with E-state index in [9.17, 15) is 9.59 Å². The number of fused-ring (bicyclic) bond motifs is 4. The minimum atomic E-state index is -0.137. The first-order valence-electron chi connectivity index (χ1n) is 8.44. The highest BCUT2D eigenvalue weighted by molar-refractivity contribution is 7.07. The average molecular weight is 360 g/mol. The van der Waals surface area contributed by atoms with Gasteiger partial charge in [-0.25, -0.2) is 4.98 Å². The second-order valence-electron chi connectivity index (χ2n) is 6.78. The molecule has 0 spiro atoms. The smallest absolute Gasteiger partial charge is 0.273 e. The predicted octanol–water partition coefficient (Wildman–Crippen LogP) is 2.01. The van der Waals surface area contributed by atoms with Crippen LogP contribution in [0.15, 0.2) is 15.4 Å². The second kappa shape index (κ2) is 6.25. The summed E-state index contributed by atoms with van der Waals surface area (Å²) in [4.78, 5) is 33.4. The topological polar surface area (TPSA) is 79.5 Å². The van der Waals surface area contributed by atoms with Crippen molar-refractivity contribution in [2.45, 2.75) is 39.3 Å². The Morgan fingerprint density at radius 3 is 2.88 bits per heavy atom. The molecule has 3 fully saturated rings. The predicted molar refractivity (Wildman–Crippen MR) is 91.1 cm³/mol. The van der Waals surface area contributed by atoms with E-state index in [2.05, 4.69) is 10.1 Å². The number of aromatic nitrogens is 2. The Bertz CT molecular complexity index is 781. The van der Waals surface area contributed by atoms with Crippen molar-refractivity contribution >= 4 is 23.2 Å². The van der Waals surface area contributed by atoms with Crippen LogP contribution in [-0.2, 0) is 11.3 Å². The Kier molecular flexibility index (Phi) is 4.07. The Labute approximate surface area is 149 Å². The molecule has 0 saturated carbocycles. The molecular weight excluding hydrogens is 340 g/mol. The molecule has 5 heterocycles. The van der Waals surface area contributed by atoms with Crippen molar-refractivity contribution in [1.29, 1.82) is 0 Å². The molecule has 2 aromatic heterocycles. The van der Waals surface area contributed by atoms with E-state index in [4.69, 9.17) is 4.52 Å². The lowest BCUT2D eigenvalue weighted by molar-refractivity contribution is -0.140. The number of piperidine rings is 1. The van der Waals surface area contributed by atoms with Crippen molar-refractivity contribution in [2.75, 3.05) is 13.1 Å². The summed E-state index contributed by atoms with van der Waals surface area (Å²) in [5.41, 5.74) is 3.92. The highest BCUT2D eigenvalue weighted by Crippen LogP contribution is 2.32. The molecule has 2 aromatic rings. The third-order valence-corrected chi connectivity index (χ3v) is 5.83. The van der Waals surface area contributed by atoms with Gasteiger partial charge in [0.1, 0.15) is 11.5 Å². The number of hydrogen-bond donors (Lipinski definition) is 0. The van der Waals surface area contributed by atoms with E-state index >= 15 is 0 Å². The maximum absolute atomic E-state index is 12.9. The summed E-state index contributed by atoms with van der Waals surface area (Å²) in [6.45, 7) is 5.30. The lowest BCUT2D eigenvalue weighted by Crippen LogP contribution is -2.47. The molecule has 0 aromatic carbocycles. The van der Waals surface area contributed by atoms with E-state index in [1.807, 2.05) is 18.7 Å². The molecular formula is C17H20N4O3S. The first kappa shape index (κ1) is 16.3. The van der Waals surface area contributed by atoms with Crippen molar-refractivity contribution in [1.82, 2.24) is 19.9 Å². The molecule has 2 atom stereocenters. The first-order chi connectivity index (χ1) is 12.0. The van der Waals surface area contributed by atoms with Crippen LogP contribution < -0.4 is 0 Å². The number of nitrogens with zero attached hydrogens (tertiary/aromatic N) is 4. The molecule has 132 valence electrons. The van der Waals surface area contributed by atoms with Gasteiger partial charge in [0, 0.05) is 30.1 Å². The Morgan fingerprint density at radius 2 is 2.20 bits per heavy atom. The molecule has 3 aliphatic rings. The van der Waals surface area contributed by atoms with Crippen molar-refractivity contribution in [3.63, 3.8) is 0 Å². The molecule has 2 unspecified atom stereocenters. The van der Waals surface area contributed by atoms with Crippen LogP contribution >= 0.6 is 11.3 Å². The van der Waals surface area contributed by atoms with Crippen LogP contribution in [0, 0.1) is 19.8 Å². The second-order valence-corrected chi connectivity index (χ2v) is 7.50. The van der Waals surface area contributed by atoms with Crippen LogP contribution in [0.25, 0.3) is 0 Å². The number of carbonyl (C=O) groups excluding carboxylic acids is 2. The van der Waals surface area contributed by atoms with Gasteiger partial charge in [-0.1, -0.05) is 5.16 Å². The Hall–Kier alpha value is -2.22. The maximum atomic E-state index is 12.9. The summed E-state index contributed by atoms with van der Waals surface area (Å²) in [7, 11) is 0. The number of thiazole rings is 1. The monoisotopic (exact) mass is 360 g/mol. The average Bonchev–Trinajstić information content (AvgIpc) is 3.14. The fraction of sp³-hybridized carbons (Fsp3) is 0.529. The van der Waals surface area contributed by atoms with Crippen molar-refractivity contribution in [2.24, 2.45) is 5.92 Å². The van der Waals surface area contributed by atoms with Gasteiger partial charge in [0.2, 0.25) is 5.91 Å². The zero-order valence-corrected chi connectivity index (χ0v) is 15.1. The number of hydrogen-bond acceptors (Lipinski definition) is 6. The van der Waals surface area contributed by atoms with Gasteiger partial charge in [-0.05, 0) is 26.7 Å². The Morgan fingerprint density at radius 1 is 1.36 bits per heavy atom. The SMILES string of the molecule is Cc1noc(C)c1CN1C(=O)C2CCC1CN(C(=O)c1cscn1)C2. The number of carbonyl (C=O) groups is 2. The highest BCUT2D eigenvalue weighted by atomic mass is 32.1. The van der Waals surface area contributed by atoms with Gasteiger partial charge in [0.15, 0.2) is 0 Å². The fourth-order valence-corrected chi connectivity index (χ4v) is 4.32. The summed E-state index contributed by atoms with van der Waals surface area (Å²) in [5, 5.41) is 5.75. The van der Waals surface area contributed by atoms with Crippen LogP contribution in [-0.4, -0.2) is 50.9 Å². The Balaban J connectivity index is 1.58. The van der Waals surface area contributed by atoms with Crippen molar-refractivity contribution in [3.8, 4) is 0 Å². The van der Waals surface area contributed by atoms with E-state index < -0.39 is 0 Å². The molecule has 0 N–H and O–H groups in total. The van der Waals surface area contributed by atoms with Crippen molar-refractivity contribution in [3.05, 3.63) is 33.6 Å². The van der Waals surface area contributed by atoms with E-state index in [1.54, 1.807) is 15.8 Å². The number of rotatable bonds is 3. The van der Waals surface area contributed by atoms with Crippen molar-refractivity contribution < 1.29 is 14.1 Å². The third-order valence-electron chi connectivity index (χ3n) is 5.24. The van der Waals surface area contributed by atoms with Gasteiger partial charge in [-0.2, -0.15) is 0 Å². The molecule has 2 bridgehead atoms. The number of aryl methyl sites for hydroxylation is 2. The minimum absolute atomic E-state index is 0.0301. The molecule has 8 heteroatoms. The fourth-order valence-electron chi connectivity index (χ4n) is 3.79. The molecule has 25 heavy (non-hydrogen) atoms. The van der Waals surface area contributed by atoms with Gasteiger partial charge >= 0.3 is 0 Å². The van der Waals surface area contributed by atoms with Gasteiger partial charge in [-0.15, -0.1) is 11.3 Å². The zero-order chi connectivity index (χ0) is 17.6. The van der Waals surface area contributed by atoms with Crippen LogP contribution in [0.3, 0.4) is 0 Å². The largest absolute Gasteiger partial charge is 0.361 e. The minimum Gasteiger partial charge on any atom is -0.361 e. The van der Waals surface area contributed by atoms with Crippen LogP contribution in [0.5, 0.6) is 0 Å². The normalized spacial score (nSPS) is 23.2. The van der Waals surface area contributed by atoms with E-state index in [0.717, 1.165) is 29.9 Å². The van der Waals surface area contributed by atoms with E-state index in [0.29, 0.717) is 25.3 Å². The molecule has 0 radical (unpaired) electrons. The zero-order valence-electron chi connectivity index (χ0n) is 14.3. The standard InChI is InChI=1S/C17H20N4O3S/c1-10-14(11(2)24-19-10)7-21-13-4-3-12(16(21)22)5-20(6-13)17(23)15-8-25-9-18-15/h8-9,12-13H,3-7H2,1-2H3. The number of amides is 2. The molecule has 7 nitrogen and oxygen atoms in total. The molecule has 3 saturated heterocycles. The maximum Gasteiger partial charge on any atom is 0.273 e. The highest BCUT2D eigenvalue weighted by Gasteiger charge is 2.42. The van der Waals surface area contributed by atoms with Crippen LogP contribution in [0.2, 0.25) is 0 Å². The van der Waals surface area contributed by atoms with Gasteiger partial charge in [0.05, 0.1) is 23.7 Å². The first-order valence-corrected chi connectivity index (χ1v) is 9.38. The third kappa shape index (κ3) is 2.84.